The Bertz CT molecular complexity index is 1730. The SMILES string of the molecule is CCOC(=O)C1=C(C)N=c2sc(=Cc3c(OCC)ccc4ccccc34)c(=O)n2[C@H]1c1ccc(OC)cc1. The molecule has 2 heterocycles. The number of carbonyl (C=O) groups excluding carboxylic acids is 1. The third kappa shape index (κ3) is 4.52. The van der Waals surface area contributed by atoms with Crippen molar-refractivity contribution in [3.05, 3.63) is 103 Å². The Morgan fingerprint density at radius 1 is 1.05 bits per heavy atom. The molecule has 38 heavy (non-hydrogen) atoms. The predicted molar refractivity (Wildman–Crippen MR) is 149 cm³/mol. The second kappa shape index (κ2) is 10.7. The van der Waals surface area contributed by atoms with Gasteiger partial charge in [-0.15, -0.1) is 0 Å². The standard InChI is InChI=1S/C30H28N2O5S/c1-5-36-24-16-13-19-9-7-8-10-22(19)23(24)17-25-28(33)32-27(20-11-14-21(35-4)15-12-20)26(29(34)37-6-2)18(3)31-30(32)38-25/h7-17,27H,5-6H2,1-4H3/t27-/m0/s1. The molecule has 0 N–H and O–H groups in total. The molecule has 0 fully saturated rings. The maximum absolute atomic E-state index is 14.0. The number of fused-ring (bicyclic) bond motifs is 2. The van der Waals surface area contributed by atoms with E-state index < -0.39 is 12.0 Å². The number of benzene rings is 3. The van der Waals surface area contributed by atoms with Gasteiger partial charge in [-0.25, -0.2) is 9.79 Å². The minimum Gasteiger partial charge on any atom is -0.497 e. The van der Waals surface area contributed by atoms with Gasteiger partial charge in [0.15, 0.2) is 4.80 Å². The molecule has 1 aliphatic heterocycles. The van der Waals surface area contributed by atoms with Gasteiger partial charge in [0.05, 0.1) is 42.2 Å². The first kappa shape index (κ1) is 25.5. The van der Waals surface area contributed by atoms with Gasteiger partial charge < -0.3 is 14.2 Å². The van der Waals surface area contributed by atoms with Crippen LogP contribution in [0.25, 0.3) is 16.8 Å². The van der Waals surface area contributed by atoms with Crippen molar-refractivity contribution in [1.29, 1.82) is 0 Å². The highest BCUT2D eigenvalue weighted by atomic mass is 32.1. The van der Waals surface area contributed by atoms with Crippen molar-refractivity contribution in [1.82, 2.24) is 4.57 Å². The van der Waals surface area contributed by atoms with Gasteiger partial charge in [0.25, 0.3) is 5.56 Å². The van der Waals surface area contributed by atoms with E-state index in [2.05, 4.69) is 4.99 Å². The van der Waals surface area contributed by atoms with Crippen LogP contribution in [0.3, 0.4) is 0 Å². The Labute approximate surface area is 223 Å². The van der Waals surface area contributed by atoms with Crippen molar-refractivity contribution in [3.8, 4) is 11.5 Å². The highest BCUT2D eigenvalue weighted by Crippen LogP contribution is 2.32. The van der Waals surface area contributed by atoms with Crippen LogP contribution in [-0.4, -0.2) is 30.9 Å². The van der Waals surface area contributed by atoms with Crippen LogP contribution >= 0.6 is 11.3 Å². The molecule has 1 atom stereocenters. The van der Waals surface area contributed by atoms with Crippen LogP contribution in [0, 0.1) is 0 Å². The minimum absolute atomic E-state index is 0.219. The molecule has 194 valence electrons. The van der Waals surface area contributed by atoms with Gasteiger partial charge in [-0.1, -0.05) is 53.8 Å². The number of aromatic nitrogens is 1. The normalized spacial score (nSPS) is 15.3. The number of carbonyl (C=O) groups is 1. The number of allylic oxidation sites excluding steroid dienone is 1. The summed E-state index contributed by atoms with van der Waals surface area (Å²) in [5.41, 5.74) is 2.22. The number of esters is 1. The molecular formula is C30H28N2O5S. The molecule has 0 amide bonds. The zero-order valence-corrected chi connectivity index (χ0v) is 22.5. The second-order valence-corrected chi connectivity index (χ2v) is 9.72. The number of thiazole rings is 1. The molecule has 0 saturated heterocycles. The average Bonchev–Trinajstić information content (AvgIpc) is 3.23. The van der Waals surface area contributed by atoms with E-state index in [-0.39, 0.29) is 12.2 Å². The summed E-state index contributed by atoms with van der Waals surface area (Å²) in [5.74, 6) is 0.891. The Balaban J connectivity index is 1.76. The molecule has 0 saturated carbocycles. The highest BCUT2D eigenvalue weighted by Gasteiger charge is 2.33. The molecule has 8 heteroatoms. The van der Waals surface area contributed by atoms with E-state index in [1.165, 1.54) is 11.3 Å². The Hall–Kier alpha value is -4.17. The molecule has 3 aromatic carbocycles. The first-order valence-corrected chi connectivity index (χ1v) is 13.3. The van der Waals surface area contributed by atoms with E-state index in [1.807, 2.05) is 73.7 Å². The smallest absolute Gasteiger partial charge is 0.338 e. The van der Waals surface area contributed by atoms with Gasteiger partial charge in [-0.05, 0) is 61.4 Å². The molecule has 0 unspecified atom stereocenters. The number of methoxy groups -OCH3 is 1. The van der Waals surface area contributed by atoms with Crippen molar-refractivity contribution in [3.63, 3.8) is 0 Å². The summed E-state index contributed by atoms with van der Waals surface area (Å²) in [4.78, 5) is 32.3. The summed E-state index contributed by atoms with van der Waals surface area (Å²) < 4.78 is 18.7. The maximum Gasteiger partial charge on any atom is 0.338 e. The largest absolute Gasteiger partial charge is 0.497 e. The first-order chi connectivity index (χ1) is 18.5. The monoisotopic (exact) mass is 528 g/mol. The molecule has 0 bridgehead atoms. The lowest BCUT2D eigenvalue weighted by atomic mass is 9.96. The van der Waals surface area contributed by atoms with Crippen molar-refractivity contribution in [2.24, 2.45) is 4.99 Å². The first-order valence-electron chi connectivity index (χ1n) is 12.4. The third-order valence-electron chi connectivity index (χ3n) is 6.45. The molecule has 5 rings (SSSR count). The maximum atomic E-state index is 14.0. The summed E-state index contributed by atoms with van der Waals surface area (Å²) >= 11 is 1.29. The summed E-state index contributed by atoms with van der Waals surface area (Å²) in [6.07, 6.45) is 1.87. The lowest BCUT2D eigenvalue weighted by Crippen LogP contribution is -2.39. The summed E-state index contributed by atoms with van der Waals surface area (Å²) in [6.45, 7) is 6.18. The van der Waals surface area contributed by atoms with E-state index in [1.54, 1.807) is 25.5 Å². The van der Waals surface area contributed by atoms with Crippen LogP contribution in [0.2, 0.25) is 0 Å². The predicted octanol–water partition coefficient (Wildman–Crippen LogP) is 4.36. The lowest BCUT2D eigenvalue weighted by Gasteiger charge is -2.24. The zero-order valence-electron chi connectivity index (χ0n) is 21.7. The molecule has 0 aliphatic carbocycles. The van der Waals surface area contributed by atoms with E-state index in [0.717, 1.165) is 21.9 Å². The van der Waals surface area contributed by atoms with E-state index in [9.17, 15) is 9.59 Å². The van der Waals surface area contributed by atoms with E-state index in [4.69, 9.17) is 14.2 Å². The molecule has 7 nitrogen and oxygen atoms in total. The lowest BCUT2D eigenvalue weighted by molar-refractivity contribution is -0.139. The molecule has 0 radical (unpaired) electrons. The number of hydrogen-bond acceptors (Lipinski definition) is 7. The Kier molecular flexibility index (Phi) is 7.15. The van der Waals surface area contributed by atoms with Crippen LogP contribution in [0.15, 0.2) is 81.7 Å². The highest BCUT2D eigenvalue weighted by molar-refractivity contribution is 7.07. The summed E-state index contributed by atoms with van der Waals surface area (Å²) in [6, 6.07) is 18.6. The molecule has 1 aliphatic rings. The van der Waals surface area contributed by atoms with Crippen molar-refractivity contribution in [2.75, 3.05) is 20.3 Å². The minimum atomic E-state index is -0.683. The van der Waals surface area contributed by atoms with Gasteiger partial charge in [0, 0.05) is 5.56 Å². The number of hydrogen-bond donors (Lipinski definition) is 0. The number of nitrogens with zero attached hydrogens (tertiary/aromatic N) is 2. The number of ether oxygens (including phenoxy) is 3. The van der Waals surface area contributed by atoms with Gasteiger partial charge in [-0.3, -0.25) is 9.36 Å². The van der Waals surface area contributed by atoms with Crippen LogP contribution in [0.5, 0.6) is 11.5 Å². The quantitative estimate of drug-likeness (QED) is 0.333. The summed E-state index contributed by atoms with van der Waals surface area (Å²) in [5, 5.41) is 2.03. The zero-order chi connectivity index (χ0) is 26.8. The third-order valence-corrected chi connectivity index (χ3v) is 7.44. The van der Waals surface area contributed by atoms with Gasteiger partial charge >= 0.3 is 5.97 Å². The van der Waals surface area contributed by atoms with Crippen LogP contribution in [0.1, 0.15) is 37.9 Å². The average molecular weight is 529 g/mol. The Morgan fingerprint density at radius 3 is 2.53 bits per heavy atom. The van der Waals surface area contributed by atoms with Crippen LogP contribution < -0.4 is 24.4 Å². The van der Waals surface area contributed by atoms with Gasteiger partial charge in [0.1, 0.15) is 11.5 Å². The fourth-order valence-electron chi connectivity index (χ4n) is 4.73. The van der Waals surface area contributed by atoms with Crippen LogP contribution in [0.4, 0.5) is 0 Å². The molecule has 1 aromatic heterocycles. The number of rotatable bonds is 7. The molecular weight excluding hydrogens is 500 g/mol. The second-order valence-electron chi connectivity index (χ2n) is 8.71. The summed E-state index contributed by atoms with van der Waals surface area (Å²) in [7, 11) is 1.59. The van der Waals surface area contributed by atoms with E-state index >= 15 is 0 Å². The van der Waals surface area contributed by atoms with E-state index in [0.29, 0.717) is 38.7 Å². The van der Waals surface area contributed by atoms with Crippen molar-refractivity contribution < 1.29 is 19.0 Å². The van der Waals surface area contributed by atoms with Crippen LogP contribution in [-0.2, 0) is 9.53 Å². The Morgan fingerprint density at radius 2 is 1.82 bits per heavy atom. The van der Waals surface area contributed by atoms with Crippen molar-refractivity contribution >= 4 is 34.2 Å². The fraction of sp³-hybridized carbons (Fsp3) is 0.233. The molecule has 4 aromatic rings. The topological polar surface area (TPSA) is 79.1 Å². The van der Waals surface area contributed by atoms with Crippen molar-refractivity contribution in [2.45, 2.75) is 26.8 Å². The van der Waals surface area contributed by atoms with Gasteiger partial charge in [-0.2, -0.15) is 0 Å². The fourth-order valence-corrected chi connectivity index (χ4v) is 5.76. The van der Waals surface area contributed by atoms with Gasteiger partial charge in [0.2, 0.25) is 0 Å². The molecule has 0 spiro atoms.